The summed E-state index contributed by atoms with van der Waals surface area (Å²) in [5, 5.41) is 0. The molecule has 0 saturated heterocycles. The third-order valence-electron chi connectivity index (χ3n) is 3.95. The monoisotopic (exact) mass is 154 g/mol. The molecule has 0 heteroatoms. The Balaban J connectivity index is 2.84. The minimum Gasteiger partial charge on any atom is -0.0648 e. The molecule has 1 aliphatic rings. The van der Waals surface area contributed by atoms with E-state index in [9.17, 15) is 0 Å². The van der Waals surface area contributed by atoms with Crippen LogP contribution in [0.3, 0.4) is 0 Å². The van der Waals surface area contributed by atoms with Crippen LogP contribution >= 0.6 is 0 Å². The minimum atomic E-state index is 0.491. The van der Waals surface area contributed by atoms with E-state index >= 15 is 0 Å². The van der Waals surface area contributed by atoms with Gasteiger partial charge < -0.3 is 0 Å². The van der Waals surface area contributed by atoms with Crippen LogP contribution in [0.25, 0.3) is 0 Å². The number of rotatable bonds is 1. The van der Waals surface area contributed by atoms with Gasteiger partial charge in [-0.1, -0.05) is 41.5 Å². The van der Waals surface area contributed by atoms with Gasteiger partial charge in [0, 0.05) is 0 Å². The van der Waals surface area contributed by atoms with Crippen molar-refractivity contribution in [3.05, 3.63) is 0 Å². The first-order chi connectivity index (χ1) is 4.77. The summed E-state index contributed by atoms with van der Waals surface area (Å²) in [6, 6.07) is 0. The van der Waals surface area contributed by atoms with Gasteiger partial charge in [-0.05, 0) is 29.1 Å². The standard InChI is InChI=1S/C11H22/c1-7-11(9(2,3)4)8-10(11,5)6/h7-8H2,1-6H3. The van der Waals surface area contributed by atoms with Crippen LogP contribution in [0, 0.1) is 16.2 Å². The molecule has 0 N–H and O–H groups in total. The van der Waals surface area contributed by atoms with E-state index in [0.29, 0.717) is 16.2 Å². The van der Waals surface area contributed by atoms with E-state index in [0.717, 1.165) is 0 Å². The van der Waals surface area contributed by atoms with Gasteiger partial charge in [0.2, 0.25) is 0 Å². The fourth-order valence-corrected chi connectivity index (χ4v) is 3.12. The SMILES string of the molecule is CCC1(C(C)(C)C)CC1(C)C. The maximum atomic E-state index is 2.40. The van der Waals surface area contributed by atoms with Gasteiger partial charge in [-0.3, -0.25) is 0 Å². The highest BCUT2D eigenvalue weighted by Crippen LogP contribution is 2.73. The van der Waals surface area contributed by atoms with E-state index in [1.54, 1.807) is 0 Å². The van der Waals surface area contributed by atoms with Crippen LogP contribution in [0.4, 0.5) is 0 Å². The highest BCUT2D eigenvalue weighted by atomic mass is 14.7. The Morgan fingerprint density at radius 2 is 1.55 bits per heavy atom. The van der Waals surface area contributed by atoms with Gasteiger partial charge in [0.1, 0.15) is 0 Å². The van der Waals surface area contributed by atoms with Crippen molar-refractivity contribution in [3.8, 4) is 0 Å². The molecule has 0 aliphatic heterocycles. The van der Waals surface area contributed by atoms with Gasteiger partial charge in [0.15, 0.2) is 0 Å². The highest BCUT2D eigenvalue weighted by Gasteiger charge is 2.64. The summed E-state index contributed by atoms with van der Waals surface area (Å²) in [6.45, 7) is 14.3. The molecule has 0 heterocycles. The number of hydrogen-bond donors (Lipinski definition) is 0. The second kappa shape index (κ2) is 2.02. The third-order valence-corrected chi connectivity index (χ3v) is 3.95. The molecular formula is C11H22. The third kappa shape index (κ3) is 1.02. The van der Waals surface area contributed by atoms with Crippen molar-refractivity contribution in [2.45, 2.75) is 54.4 Å². The van der Waals surface area contributed by atoms with Crippen molar-refractivity contribution in [3.63, 3.8) is 0 Å². The van der Waals surface area contributed by atoms with Crippen LogP contribution in [0.2, 0.25) is 0 Å². The molecule has 0 nitrogen and oxygen atoms in total. The van der Waals surface area contributed by atoms with Crippen LogP contribution in [-0.2, 0) is 0 Å². The molecule has 1 atom stereocenters. The lowest BCUT2D eigenvalue weighted by molar-refractivity contribution is 0.157. The van der Waals surface area contributed by atoms with Crippen molar-refractivity contribution in [1.82, 2.24) is 0 Å². The van der Waals surface area contributed by atoms with Crippen LogP contribution in [-0.4, -0.2) is 0 Å². The van der Waals surface area contributed by atoms with Gasteiger partial charge in [-0.15, -0.1) is 0 Å². The summed E-state index contributed by atoms with van der Waals surface area (Å²) < 4.78 is 0. The highest BCUT2D eigenvalue weighted by molar-refractivity contribution is 5.13. The molecule has 1 aliphatic carbocycles. The van der Waals surface area contributed by atoms with Crippen molar-refractivity contribution in [1.29, 1.82) is 0 Å². The molecule has 11 heavy (non-hydrogen) atoms. The molecule has 0 bridgehead atoms. The summed E-state index contributed by atoms with van der Waals surface area (Å²) in [6.07, 6.45) is 2.75. The predicted octanol–water partition coefficient (Wildman–Crippen LogP) is 3.86. The summed E-state index contributed by atoms with van der Waals surface area (Å²) >= 11 is 0. The molecule has 0 aromatic rings. The number of hydrogen-bond acceptors (Lipinski definition) is 0. The fraction of sp³-hybridized carbons (Fsp3) is 1.00. The first-order valence-electron chi connectivity index (χ1n) is 4.77. The van der Waals surface area contributed by atoms with E-state index < -0.39 is 0 Å². The Morgan fingerprint density at radius 1 is 1.18 bits per heavy atom. The van der Waals surface area contributed by atoms with Gasteiger partial charge >= 0.3 is 0 Å². The van der Waals surface area contributed by atoms with E-state index in [1.165, 1.54) is 12.8 Å². The first-order valence-corrected chi connectivity index (χ1v) is 4.77. The molecule has 0 aromatic heterocycles. The Labute approximate surface area is 71.4 Å². The largest absolute Gasteiger partial charge is 0.0648 e. The van der Waals surface area contributed by atoms with Crippen LogP contribution in [0.5, 0.6) is 0 Å². The normalized spacial score (nSPS) is 35.5. The van der Waals surface area contributed by atoms with E-state index in [2.05, 4.69) is 41.5 Å². The van der Waals surface area contributed by atoms with Crippen LogP contribution < -0.4 is 0 Å². The Morgan fingerprint density at radius 3 is 1.55 bits per heavy atom. The zero-order valence-corrected chi connectivity index (χ0v) is 8.91. The molecule has 0 spiro atoms. The quantitative estimate of drug-likeness (QED) is 0.538. The average molecular weight is 154 g/mol. The molecule has 0 aromatic carbocycles. The van der Waals surface area contributed by atoms with Gasteiger partial charge in [0.25, 0.3) is 0 Å². The lowest BCUT2D eigenvalue weighted by atomic mass is 9.71. The molecule has 1 saturated carbocycles. The van der Waals surface area contributed by atoms with Crippen molar-refractivity contribution in [2.75, 3.05) is 0 Å². The van der Waals surface area contributed by atoms with Crippen molar-refractivity contribution in [2.24, 2.45) is 16.2 Å². The fourth-order valence-electron chi connectivity index (χ4n) is 3.12. The van der Waals surface area contributed by atoms with Gasteiger partial charge in [-0.25, -0.2) is 0 Å². The smallest absolute Gasteiger partial charge is 0.0195 e. The zero-order chi connectivity index (χ0) is 8.91. The predicted molar refractivity (Wildman–Crippen MR) is 50.6 cm³/mol. The zero-order valence-electron chi connectivity index (χ0n) is 8.91. The summed E-state index contributed by atoms with van der Waals surface area (Å²) in [4.78, 5) is 0. The van der Waals surface area contributed by atoms with Crippen molar-refractivity contribution >= 4 is 0 Å². The van der Waals surface area contributed by atoms with E-state index in [-0.39, 0.29) is 0 Å². The maximum absolute atomic E-state index is 2.40. The Kier molecular flexibility index (Phi) is 1.67. The lowest BCUT2D eigenvalue weighted by Gasteiger charge is -2.33. The molecular weight excluding hydrogens is 132 g/mol. The molecule has 0 radical (unpaired) electrons. The molecule has 1 rings (SSSR count). The van der Waals surface area contributed by atoms with Crippen molar-refractivity contribution < 1.29 is 0 Å². The van der Waals surface area contributed by atoms with E-state index in [1.807, 2.05) is 0 Å². The molecule has 66 valence electrons. The second-order valence-corrected chi connectivity index (χ2v) is 5.75. The lowest BCUT2D eigenvalue weighted by Crippen LogP contribution is -2.25. The van der Waals surface area contributed by atoms with Crippen LogP contribution in [0.15, 0.2) is 0 Å². The Bertz CT molecular complexity index is 159. The average Bonchev–Trinajstić information content (AvgIpc) is 2.33. The van der Waals surface area contributed by atoms with Gasteiger partial charge in [0.05, 0.1) is 0 Å². The van der Waals surface area contributed by atoms with Crippen LogP contribution in [0.1, 0.15) is 54.4 Å². The first kappa shape index (κ1) is 9.09. The molecule has 0 amide bonds. The molecule has 1 unspecified atom stereocenters. The van der Waals surface area contributed by atoms with E-state index in [4.69, 9.17) is 0 Å². The summed E-state index contributed by atoms with van der Waals surface area (Å²) in [5.41, 5.74) is 1.71. The topological polar surface area (TPSA) is 0 Å². The maximum Gasteiger partial charge on any atom is -0.0195 e. The molecule has 1 fully saturated rings. The van der Waals surface area contributed by atoms with Gasteiger partial charge in [-0.2, -0.15) is 0 Å². The minimum absolute atomic E-state index is 0.491. The Hall–Kier alpha value is 0. The second-order valence-electron chi connectivity index (χ2n) is 5.75. The summed E-state index contributed by atoms with van der Waals surface area (Å²) in [5.74, 6) is 0. The summed E-state index contributed by atoms with van der Waals surface area (Å²) in [7, 11) is 0.